The van der Waals surface area contributed by atoms with Crippen molar-refractivity contribution >= 4 is 22.9 Å². The van der Waals surface area contributed by atoms with Crippen LogP contribution in [0.1, 0.15) is 16.8 Å². The number of hydrogen-bond acceptors (Lipinski definition) is 1. The van der Waals surface area contributed by atoms with E-state index in [1.165, 1.54) is 6.07 Å². The maximum atomic E-state index is 13.5. The van der Waals surface area contributed by atoms with E-state index in [9.17, 15) is 4.39 Å². The maximum absolute atomic E-state index is 13.5. The summed E-state index contributed by atoms with van der Waals surface area (Å²) in [6.07, 6.45) is 5.64. The van der Waals surface area contributed by atoms with Crippen LogP contribution in [0.15, 0.2) is 54.7 Å². The fourth-order valence-electron chi connectivity index (χ4n) is 2.25. The Morgan fingerprint density at radius 1 is 0.950 bits per heavy atom. The Morgan fingerprint density at radius 3 is 2.70 bits per heavy atom. The average molecular weight is 263 g/mol. The molecule has 2 aromatic carbocycles. The van der Waals surface area contributed by atoms with E-state index in [0.29, 0.717) is 5.56 Å². The van der Waals surface area contributed by atoms with Crippen LogP contribution in [0.2, 0.25) is 0 Å². The molecule has 0 aliphatic heterocycles. The summed E-state index contributed by atoms with van der Waals surface area (Å²) in [5, 5.41) is 2.25. The lowest BCUT2D eigenvalue weighted by molar-refractivity contribution is 0.618. The number of hydrogen-bond donors (Lipinski definition) is 0. The van der Waals surface area contributed by atoms with Gasteiger partial charge >= 0.3 is 0 Å². The summed E-state index contributed by atoms with van der Waals surface area (Å²) in [4.78, 5) is 4.39. The van der Waals surface area contributed by atoms with Crippen molar-refractivity contribution in [2.45, 2.75) is 6.92 Å². The van der Waals surface area contributed by atoms with Gasteiger partial charge in [-0.2, -0.15) is 0 Å². The minimum atomic E-state index is -0.182. The lowest BCUT2D eigenvalue weighted by atomic mass is 10.1. The molecule has 0 saturated carbocycles. The summed E-state index contributed by atoms with van der Waals surface area (Å²) >= 11 is 0. The zero-order valence-corrected chi connectivity index (χ0v) is 11.2. The van der Waals surface area contributed by atoms with Crippen LogP contribution in [-0.2, 0) is 0 Å². The highest BCUT2D eigenvalue weighted by Gasteiger charge is 2.01. The van der Waals surface area contributed by atoms with Crippen molar-refractivity contribution in [3.63, 3.8) is 0 Å². The molecule has 1 heterocycles. The van der Waals surface area contributed by atoms with Crippen molar-refractivity contribution in [3.05, 3.63) is 77.4 Å². The van der Waals surface area contributed by atoms with Crippen LogP contribution in [0.25, 0.3) is 22.9 Å². The molecule has 0 fully saturated rings. The third kappa shape index (κ3) is 2.32. The van der Waals surface area contributed by atoms with Crippen LogP contribution in [0, 0.1) is 12.7 Å². The molecule has 0 saturated heterocycles. The van der Waals surface area contributed by atoms with Crippen LogP contribution in [-0.4, -0.2) is 4.98 Å². The molecule has 2 heteroatoms. The van der Waals surface area contributed by atoms with Gasteiger partial charge < -0.3 is 0 Å². The van der Waals surface area contributed by atoms with Crippen molar-refractivity contribution in [3.8, 4) is 0 Å². The highest BCUT2D eigenvalue weighted by atomic mass is 19.1. The summed E-state index contributed by atoms with van der Waals surface area (Å²) < 4.78 is 13.5. The van der Waals surface area contributed by atoms with Gasteiger partial charge in [-0.25, -0.2) is 4.39 Å². The smallest absolute Gasteiger partial charge is 0.126 e. The molecule has 3 rings (SSSR count). The summed E-state index contributed by atoms with van der Waals surface area (Å²) in [6.45, 7) is 1.78. The molecule has 0 spiro atoms. The molecule has 1 nitrogen and oxygen atoms in total. The maximum Gasteiger partial charge on any atom is 0.126 e. The summed E-state index contributed by atoms with van der Waals surface area (Å²) in [5.74, 6) is -0.182. The van der Waals surface area contributed by atoms with Gasteiger partial charge in [0.2, 0.25) is 0 Å². The Hall–Kier alpha value is -2.48. The van der Waals surface area contributed by atoms with E-state index in [1.807, 2.05) is 42.5 Å². The zero-order chi connectivity index (χ0) is 13.9. The third-order valence-corrected chi connectivity index (χ3v) is 3.43. The van der Waals surface area contributed by atoms with Gasteiger partial charge in [0, 0.05) is 11.6 Å². The van der Waals surface area contributed by atoms with Crippen LogP contribution in [0.4, 0.5) is 4.39 Å². The Bertz CT molecular complexity index is 785. The Morgan fingerprint density at radius 2 is 1.80 bits per heavy atom. The first kappa shape index (κ1) is 12.5. The van der Waals surface area contributed by atoms with E-state index in [-0.39, 0.29) is 5.82 Å². The second-order valence-corrected chi connectivity index (χ2v) is 4.70. The lowest BCUT2D eigenvalue weighted by Gasteiger charge is -2.03. The molecular weight excluding hydrogens is 249 g/mol. The van der Waals surface area contributed by atoms with Gasteiger partial charge in [-0.15, -0.1) is 0 Å². The van der Waals surface area contributed by atoms with Crippen molar-refractivity contribution in [1.29, 1.82) is 0 Å². The highest BCUT2D eigenvalue weighted by Crippen LogP contribution is 2.20. The van der Waals surface area contributed by atoms with Gasteiger partial charge in [0.1, 0.15) is 5.82 Å². The van der Waals surface area contributed by atoms with E-state index < -0.39 is 0 Å². The number of nitrogens with zero attached hydrogens (tertiary/aromatic N) is 1. The summed E-state index contributed by atoms with van der Waals surface area (Å²) in [5.41, 5.74) is 2.43. The molecular formula is C18H14FN. The van der Waals surface area contributed by atoms with E-state index in [0.717, 1.165) is 22.0 Å². The molecule has 0 aliphatic carbocycles. The van der Waals surface area contributed by atoms with Crippen LogP contribution >= 0.6 is 0 Å². The second kappa shape index (κ2) is 5.25. The number of halogens is 1. The van der Waals surface area contributed by atoms with Crippen LogP contribution in [0.3, 0.4) is 0 Å². The predicted molar refractivity (Wildman–Crippen MR) is 81.8 cm³/mol. The number of fused-ring (bicyclic) bond motifs is 1. The number of benzene rings is 2. The summed E-state index contributed by atoms with van der Waals surface area (Å²) in [6, 6.07) is 15.2. The number of pyridine rings is 1. The fraction of sp³-hybridized carbons (Fsp3) is 0.0556. The average Bonchev–Trinajstić information content (AvgIpc) is 2.49. The SMILES string of the molecule is Cc1c(F)cccc1C=Cc1nccc2ccccc12. The third-order valence-electron chi connectivity index (χ3n) is 3.43. The van der Waals surface area contributed by atoms with E-state index >= 15 is 0 Å². The van der Waals surface area contributed by atoms with Crippen molar-refractivity contribution < 1.29 is 4.39 Å². The molecule has 1 aromatic heterocycles. The molecule has 0 aliphatic rings. The second-order valence-electron chi connectivity index (χ2n) is 4.70. The van der Waals surface area contributed by atoms with Crippen molar-refractivity contribution in [1.82, 2.24) is 4.98 Å². The predicted octanol–water partition coefficient (Wildman–Crippen LogP) is 4.85. The quantitative estimate of drug-likeness (QED) is 0.644. The summed E-state index contributed by atoms with van der Waals surface area (Å²) in [7, 11) is 0. The molecule has 0 unspecified atom stereocenters. The lowest BCUT2D eigenvalue weighted by Crippen LogP contribution is -1.87. The Balaban J connectivity index is 2.05. The standard InChI is InChI=1S/C18H14FN/c1-13-14(6-4-8-17(13)19)9-10-18-16-7-3-2-5-15(16)11-12-20-18/h2-12H,1H3. The molecule has 20 heavy (non-hydrogen) atoms. The topological polar surface area (TPSA) is 12.9 Å². The van der Waals surface area contributed by atoms with E-state index in [2.05, 4.69) is 11.1 Å². The van der Waals surface area contributed by atoms with Crippen molar-refractivity contribution in [2.75, 3.05) is 0 Å². The Labute approximate surface area is 117 Å². The highest BCUT2D eigenvalue weighted by molar-refractivity contribution is 5.91. The van der Waals surface area contributed by atoms with Gasteiger partial charge in [0.15, 0.2) is 0 Å². The normalized spacial score (nSPS) is 11.3. The number of aromatic nitrogens is 1. The first-order valence-corrected chi connectivity index (χ1v) is 6.52. The minimum absolute atomic E-state index is 0.182. The zero-order valence-electron chi connectivity index (χ0n) is 11.2. The van der Waals surface area contributed by atoms with Gasteiger partial charge in [-0.1, -0.05) is 42.5 Å². The van der Waals surface area contributed by atoms with Crippen LogP contribution < -0.4 is 0 Å². The molecule has 3 aromatic rings. The van der Waals surface area contributed by atoms with Gasteiger partial charge in [0.25, 0.3) is 0 Å². The molecule has 0 N–H and O–H groups in total. The largest absolute Gasteiger partial charge is 0.256 e. The van der Waals surface area contributed by atoms with Crippen molar-refractivity contribution in [2.24, 2.45) is 0 Å². The van der Waals surface area contributed by atoms with Gasteiger partial charge in [-0.3, -0.25) is 4.98 Å². The van der Waals surface area contributed by atoms with Gasteiger partial charge in [-0.05, 0) is 41.6 Å². The first-order chi connectivity index (χ1) is 9.75. The Kier molecular flexibility index (Phi) is 3.30. The molecule has 0 atom stereocenters. The molecule has 98 valence electrons. The molecule has 0 radical (unpaired) electrons. The first-order valence-electron chi connectivity index (χ1n) is 6.52. The minimum Gasteiger partial charge on any atom is -0.256 e. The van der Waals surface area contributed by atoms with E-state index in [1.54, 1.807) is 19.2 Å². The molecule has 0 bridgehead atoms. The van der Waals surface area contributed by atoms with Gasteiger partial charge in [0.05, 0.1) is 5.69 Å². The monoisotopic (exact) mass is 263 g/mol. The van der Waals surface area contributed by atoms with E-state index in [4.69, 9.17) is 0 Å². The molecule has 0 amide bonds. The number of rotatable bonds is 2. The van der Waals surface area contributed by atoms with Crippen LogP contribution in [0.5, 0.6) is 0 Å². The fourth-order valence-corrected chi connectivity index (χ4v) is 2.25.